The van der Waals surface area contributed by atoms with Gasteiger partial charge in [-0.25, -0.2) is 0 Å². The first-order valence-electron chi connectivity index (χ1n) is 9.58. The number of carbonyl (C=O) groups excluding carboxylic acids is 2. The molecule has 0 aromatic carbocycles. The van der Waals surface area contributed by atoms with Crippen molar-refractivity contribution in [1.82, 2.24) is 10.6 Å². The highest BCUT2D eigenvalue weighted by Crippen LogP contribution is 2.15. The van der Waals surface area contributed by atoms with Gasteiger partial charge in [-0.2, -0.15) is 0 Å². The fourth-order valence-electron chi connectivity index (χ4n) is 2.53. The minimum atomic E-state index is -0.110. The number of hydrogen-bond donors (Lipinski definition) is 2. The molecule has 0 fully saturated rings. The maximum Gasteiger partial charge on any atom is 0.219 e. The molecule has 0 aliphatic heterocycles. The van der Waals surface area contributed by atoms with Gasteiger partial charge in [0.2, 0.25) is 11.8 Å². The third-order valence-electron chi connectivity index (χ3n) is 3.97. The second-order valence-corrected chi connectivity index (χ2v) is 6.91. The van der Waals surface area contributed by atoms with E-state index in [0.717, 1.165) is 58.1 Å². The number of unbranched alkanes of at least 4 members (excludes halogenated alkanes) is 3. The third kappa shape index (κ3) is 14.5. The fourth-order valence-corrected chi connectivity index (χ4v) is 2.53. The van der Waals surface area contributed by atoms with E-state index in [-0.39, 0.29) is 17.4 Å². The minimum Gasteiger partial charge on any atom is -0.376 e. The van der Waals surface area contributed by atoms with Crippen LogP contribution < -0.4 is 10.6 Å². The highest BCUT2D eigenvalue weighted by atomic mass is 16.5. The first-order valence-corrected chi connectivity index (χ1v) is 9.58. The van der Waals surface area contributed by atoms with Gasteiger partial charge in [-0.3, -0.25) is 9.59 Å². The summed E-state index contributed by atoms with van der Waals surface area (Å²) in [4.78, 5) is 23.2. The first kappa shape index (κ1) is 22.9. The van der Waals surface area contributed by atoms with Crippen molar-refractivity contribution in [2.75, 3.05) is 19.7 Å². The van der Waals surface area contributed by atoms with Gasteiger partial charge in [0.15, 0.2) is 0 Å². The van der Waals surface area contributed by atoms with Crippen molar-refractivity contribution < 1.29 is 14.3 Å². The van der Waals surface area contributed by atoms with Crippen LogP contribution in [0.4, 0.5) is 0 Å². The van der Waals surface area contributed by atoms with Gasteiger partial charge in [0.1, 0.15) is 0 Å². The Balaban J connectivity index is 3.46. The average molecular weight is 343 g/mol. The number of nitrogens with one attached hydrogen (secondary N) is 2. The number of rotatable bonds is 15. The van der Waals surface area contributed by atoms with Crippen molar-refractivity contribution in [3.8, 4) is 0 Å². The van der Waals surface area contributed by atoms with Crippen LogP contribution in [0.15, 0.2) is 0 Å². The Morgan fingerprint density at radius 3 is 2.00 bits per heavy atom. The maximum atomic E-state index is 11.7. The van der Waals surface area contributed by atoms with Gasteiger partial charge >= 0.3 is 0 Å². The summed E-state index contributed by atoms with van der Waals surface area (Å²) in [7, 11) is 0. The molecule has 0 saturated carbocycles. The molecule has 0 aromatic heterocycles. The molecule has 5 heteroatoms. The van der Waals surface area contributed by atoms with E-state index >= 15 is 0 Å². The quantitative estimate of drug-likeness (QED) is 0.447. The van der Waals surface area contributed by atoms with Gasteiger partial charge in [-0.05, 0) is 52.9 Å². The molecule has 142 valence electrons. The standard InChI is InChI=1S/C19H38N2O3/c1-5-7-12-17(22)20-15-10-8-9-13-18(23)21-16-11-14-19(3,4)24-6-2/h5-16H2,1-4H3,(H,20,22)(H,21,23). The molecule has 2 N–H and O–H groups in total. The van der Waals surface area contributed by atoms with Gasteiger partial charge in [-0.15, -0.1) is 0 Å². The summed E-state index contributed by atoms with van der Waals surface area (Å²) in [5.74, 6) is 0.265. The van der Waals surface area contributed by atoms with E-state index in [1.807, 2.05) is 6.92 Å². The lowest BCUT2D eigenvalue weighted by Crippen LogP contribution is -2.28. The first-order chi connectivity index (χ1) is 11.4. The van der Waals surface area contributed by atoms with Gasteiger partial charge in [0.25, 0.3) is 0 Å². The lowest BCUT2D eigenvalue weighted by molar-refractivity contribution is -0.122. The topological polar surface area (TPSA) is 67.4 Å². The predicted molar refractivity (Wildman–Crippen MR) is 99.0 cm³/mol. The minimum absolute atomic E-state index is 0.110. The van der Waals surface area contributed by atoms with Crippen LogP contribution in [0.3, 0.4) is 0 Å². The molecule has 0 atom stereocenters. The third-order valence-corrected chi connectivity index (χ3v) is 3.97. The molecule has 0 aromatic rings. The lowest BCUT2D eigenvalue weighted by atomic mass is 10.0. The molecular formula is C19H38N2O3. The van der Waals surface area contributed by atoms with Crippen molar-refractivity contribution in [2.24, 2.45) is 0 Å². The molecule has 0 rings (SSSR count). The van der Waals surface area contributed by atoms with E-state index in [4.69, 9.17) is 4.74 Å². The molecular weight excluding hydrogens is 304 g/mol. The molecule has 0 saturated heterocycles. The van der Waals surface area contributed by atoms with E-state index in [2.05, 4.69) is 31.4 Å². The van der Waals surface area contributed by atoms with Crippen LogP contribution >= 0.6 is 0 Å². The molecule has 0 spiro atoms. The normalized spacial score (nSPS) is 11.3. The Bertz CT molecular complexity index is 344. The molecule has 2 amide bonds. The SMILES string of the molecule is CCCCC(=O)NCCCCCC(=O)NCCCC(C)(C)OCC. The molecule has 0 bridgehead atoms. The zero-order valence-corrected chi connectivity index (χ0v) is 16.2. The Morgan fingerprint density at radius 2 is 1.42 bits per heavy atom. The van der Waals surface area contributed by atoms with Gasteiger partial charge in [0.05, 0.1) is 5.60 Å². The van der Waals surface area contributed by atoms with Crippen molar-refractivity contribution in [2.45, 2.75) is 91.1 Å². The summed E-state index contributed by atoms with van der Waals surface area (Å²) in [5, 5.41) is 5.89. The van der Waals surface area contributed by atoms with E-state index in [1.54, 1.807) is 0 Å². The molecule has 5 nitrogen and oxygen atoms in total. The molecule has 0 unspecified atom stereocenters. The zero-order valence-electron chi connectivity index (χ0n) is 16.2. The van der Waals surface area contributed by atoms with Gasteiger partial charge < -0.3 is 15.4 Å². The molecule has 0 aliphatic carbocycles. The molecule has 0 aliphatic rings. The molecule has 24 heavy (non-hydrogen) atoms. The Labute approximate surface area is 148 Å². The van der Waals surface area contributed by atoms with Crippen LogP contribution in [-0.2, 0) is 14.3 Å². The average Bonchev–Trinajstić information content (AvgIpc) is 2.52. The van der Waals surface area contributed by atoms with Crippen molar-refractivity contribution in [3.05, 3.63) is 0 Å². The fraction of sp³-hybridized carbons (Fsp3) is 0.895. The summed E-state index contributed by atoms with van der Waals surface area (Å²) in [5.41, 5.74) is -0.110. The van der Waals surface area contributed by atoms with Crippen LogP contribution in [-0.4, -0.2) is 37.1 Å². The van der Waals surface area contributed by atoms with Gasteiger partial charge in [0, 0.05) is 32.5 Å². The van der Waals surface area contributed by atoms with E-state index < -0.39 is 0 Å². The highest BCUT2D eigenvalue weighted by Gasteiger charge is 2.16. The Kier molecular flexibility index (Phi) is 13.6. The zero-order chi connectivity index (χ0) is 18.3. The van der Waals surface area contributed by atoms with Crippen LogP contribution in [0.25, 0.3) is 0 Å². The lowest BCUT2D eigenvalue weighted by Gasteiger charge is -2.24. The van der Waals surface area contributed by atoms with Crippen molar-refractivity contribution in [3.63, 3.8) is 0 Å². The highest BCUT2D eigenvalue weighted by molar-refractivity contribution is 5.76. The summed E-state index contributed by atoms with van der Waals surface area (Å²) >= 11 is 0. The Morgan fingerprint density at radius 1 is 0.833 bits per heavy atom. The number of carbonyl (C=O) groups is 2. The summed E-state index contributed by atoms with van der Waals surface area (Å²) in [6.45, 7) is 10.4. The Hall–Kier alpha value is -1.10. The number of amides is 2. The summed E-state index contributed by atoms with van der Waals surface area (Å²) in [6.07, 6.45) is 7.85. The van der Waals surface area contributed by atoms with E-state index in [9.17, 15) is 9.59 Å². The van der Waals surface area contributed by atoms with Crippen molar-refractivity contribution >= 4 is 11.8 Å². The maximum absolute atomic E-state index is 11.7. The van der Waals surface area contributed by atoms with Crippen LogP contribution in [0.5, 0.6) is 0 Å². The monoisotopic (exact) mass is 342 g/mol. The second-order valence-electron chi connectivity index (χ2n) is 6.91. The van der Waals surface area contributed by atoms with Crippen LogP contribution in [0, 0.1) is 0 Å². The second kappa shape index (κ2) is 14.3. The molecule has 0 radical (unpaired) electrons. The van der Waals surface area contributed by atoms with E-state index in [1.165, 1.54) is 0 Å². The number of ether oxygens (including phenoxy) is 1. The van der Waals surface area contributed by atoms with E-state index in [0.29, 0.717) is 19.4 Å². The predicted octanol–water partition coefficient (Wildman–Crippen LogP) is 3.56. The van der Waals surface area contributed by atoms with Crippen LogP contribution in [0.1, 0.15) is 85.5 Å². The van der Waals surface area contributed by atoms with Crippen LogP contribution in [0.2, 0.25) is 0 Å². The van der Waals surface area contributed by atoms with Gasteiger partial charge in [-0.1, -0.05) is 19.8 Å². The smallest absolute Gasteiger partial charge is 0.219 e. The van der Waals surface area contributed by atoms with Crippen molar-refractivity contribution in [1.29, 1.82) is 0 Å². The molecule has 0 heterocycles. The number of hydrogen-bond acceptors (Lipinski definition) is 3. The summed E-state index contributed by atoms with van der Waals surface area (Å²) in [6, 6.07) is 0. The summed E-state index contributed by atoms with van der Waals surface area (Å²) < 4.78 is 5.63. The largest absolute Gasteiger partial charge is 0.376 e.